The minimum absolute atomic E-state index is 0.118. The number of Topliss-reactive ketones (excluding diaryl/α,β-unsaturated/α-hetero) is 1. The van der Waals surface area contributed by atoms with Gasteiger partial charge in [0.05, 0.1) is 11.4 Å². The minimum atomic E-state index is 0.118. The van der Waals surface area contributed by atoms with E-state index < -0.39 is 0 Å². The van der Waals surface area contributed by atoms with Crippen molar-refractivity contribution in [2.75, 3.05) is 6.26 Å². The van der Waals surface area contributed by atoms with Crippen molar-refractivity contribution in [2.24, 2.45) is 0 Å². The number of carbonyl (C=O) groups is 1. The van der Waals surface area contributed by atoms with Crippen molar-refractivity contribution in [1.82, 2.24) is 14.5 Å². The summed E-state index contributed by atoms with van der Waals surface area (Å²) >= 11 is 1.71. The molecule has 114 valence electrons. The van der Waals surface area contributed by atoms with Gasteiger partial charge >= 0.3 is 0 Å². The molecular weight excluding hydrogens is 306 g/mol. The van der Waals surface area contributed by atoms with Crippen LogP contribution in [0.1, 0.15) is 17.0 Å². The van der Waals surface area contributed by atoms with E-state index in [0.29, 0.717) is 18.8 Å². The standard InChI is InChI=1S/C18H15N3OS/c1-23-14-4-2-12(3-5-14)16-17(13-6-9-19-10-7-13)21-11-8-15(22)18(21)20-16/h2-7,9-10H,8,11H2,1H3. The van der Waals surface area contributed by atoms with Crippen molar-refractivity contribution < 1.29 is 4.79 Å². The number of aromatic nitrogens is 3. The second-order valence-electron chi connectivity index (χ2n) is 5.42. The van der Waals surface area contributed by atoms with Crippen LogP contribution < -0.4 is 0 Å². The molecule has 0 saturated heterocycles. The maximum Gasteiger partial charge on any atom is 0.200 e. The first-order chi connectivity index (χ1) is 11.3. The first-order valence-electron chi connectivity index (χ1n) is 7.46. The smallest absolute Gasteiger partial charge is 0.200 e. The van der Waals surface area contributed by atoms with Gasteiger partial charge in [0.25, 0.3) is 0 Å². The van der Waals surface area contributed by atoms with Crippen molar-refractivity contribution in [1.29, 1.82) is 0 Å². The molecule has 23 heavy (non-hydrogen) atoms. The van der Waals surface area contributed by atoms with Gasteiger partial charge in [-0.15, -0.1) is 11.8 Å². The summed E-state index contributed by atoms with van der Waals surface area (Å²) in [7, 11) is 0. The Kier molecular flexibility index (Phi) is 3.50. The van der Waals surface area contributed by atoms with Gasteiger partial charge in [0.15, 0.2) is 11.6 Å². The van der Waals surface area contributed by atoms with Gasteiger partial charge < -0.3 is 4.57 Å². The number of carbonyl (C=O) groups excluding carboxylic acids is 1. The molecule has 4 nitrogen and oxygen atoms in total. The van der Waals surface area contributed by atoms with Gasteiger partial charge in [-0.25, -0.2) is 4.98 Å². The third kappa shape index (κ3) is 2.37. The van der Waals surface area contributed by atoms with Crippen molar-refractivity contribution in [3.63, 3.8) is 0 Å². The minimum Gasteiger partial charge on any atom is -0.321 e. The summed E-state index contributed by atoms with van der Waals surface area (Å²) in [6, 6.07) is 12.2. The van der Waals surface area contributed by atoms with Crippen LogP contribution in [-0.2, 0) is 6.54 Å². The molecule has 0 N–H and O–H groups in total. The molecule has 0 fully saturated rings. The Hall–Kier alpha value is -2.40. The molecule has 0 spiro atoms. The largest absolute Gasteiger partial charge is 0.321 e. The van der Waals surface area contributed by atoms with Crippen LogP contribution in [0.3, 0.4) is 0 Å². The molecule has 1 aliphatic heterocycles. The third-order valence-corrected chi connectivity index (χ3v) is 4.84. The Morgan fingerprint density at radius 3 is 2.48 bits per heavy atom. The van der Waals surface area contributed by atoms with Crippen LogP contribution in [0.25, 0.3) is 22.5 Å². The molecule has 0 aliphatic carbocycles. The molecule has 1 aliphatic rings. The van der Waals surface area contributed by atoms with Crippen LogP contribution in [0.5, 0.6) is 0 Å². The van der Waals surface area contributed by atoms with E-state index in [2.05, 4.69) is 40.5 Å². The summed E-state index contributed by atoms with van der Waals surface area (Å²) in [5.74, 6) is 0.688. The lowest BCUT2D eigenvalue weighted by Gasteiger charge is -2.08. The fraction of sp³-hybridized carbons (Fsp3) is 0.167. The molecule has 0 amide bonds. The number of thioether (sulfide) groups is 1. The predicted molar refractivity (Wildman–Crippen MR) is 91.6 cm³/mol. The van der Waals surface area contributed by atoms with Crippen LogP contribution >= 0.6 is 11.8 Å². The fourth-order valence-corrected chi connectivity index (χ4v) is 3.37. The van der Waals surface area contributed by atoms with Gasteiger partial charge in [0.2, 0.25) is 0 Å². The summed E-state index contributed by atoms with van der Waals surface area (Å²) in [6.45, 7) is 0.696. The lowest BCUT2D eigenvalue weighted by atomic mass is 10.1. The quantitative estimate of drug-likeness (QED) is 0.686. The zero-order valence-electron chi connectivity index (χ0n) is 12.7. The molecule has 0 atom stereocenters. The van der Waals surface area contributed by atoms with Crippen LogP contribution in [-0.4, -0.2) is 26.6 Å². The lowest BCUT2D eigenvalue weighted by Crippen LogP contribution is -1.97. The van der Waals surface area contributed by atoms with E-state index >= 15 is 0 Å². The number of imidazole rings is 1. The van der Waals surface area contributed by atoms with Crippen LogP contribution in [0.4, 0.5) is 0 Å². The maximum atomic E-state index is 12.1. The Morgan fingerprint density at radius 2 is 1.78 bits per heavy atom. The van der Waals surface area contributed by atoms with Gasteiger partial charge in [0.1, 0.15) is 0 Å². The highest BCUT2D eigenvalue weighted by Crippen LogP contribution is 2.35. The van der Waals surface area contributed by atoms with E-state index in [4.69, 9.17) is 0 Å². The summed E-state index contributed by atoms with van der Waals surface area (Å²) in [4.78, 5) is 22.1. The average Bonchev–Trinajstić information content (AvgIpc) is 3.16. The number of ketones is 1. The van der Waals surface area contributed by atoms with Gasteiger partial charge in [-0.3, -0.25) is 9.78 Å². The third-order valence-electron chi connectivity index (χ3n) is 4.10. The number of pyridine rings is 1. The summed E-state index contributed by atoms with van der Waals surface area (Å²) in [5, 5.41) is 0. The number of rotatable bonds is 3. The normalized spacial score (nSPS) is 13.3. The molecule has 5 heteroatoms. The van der Waals surface area contributed by atoms with Crippen molar-refractivity contribution in [3.05, 3.63) is 54.6 Å². The Balaban J connectivity index is 1.92. The Bertz CT molecular complexity index is 869. The van der Waals surface area contributed by atoms with Gasteiger partial charge in [0, 0.05) is 41.4 Å². The SMILES string of the molecule is CSc1ccc(-c2nc3n(c2-c2ccncc2)CCC3=O)cc1. The number of nitrogens with zero attached hydrogens (tertiary/aromatic N) is 3. The molecule has 0 radical (unpaired) electrons. The second kappa shape index (κ2) is 5.66. The monoisotopic (exact) mass is 321 g/mol. The highest BCUT2D eigenvalue weighted by molar-refractivity contribution is 7.98. The molecular formula is C18H15N3OS. The van der Waals surface area contributed by atoms with E-state index in [1.165, 1.54) is 4.90 Å². The molecule has 3 heterocycles. The predicted octanol–water partition coefficient (Wildman–Crippen LogP) is 3.92. The molecule has 1 aromatic carbocycles. The highest BCUT2D eigenvalue weighted by atomic mass is 32.2. The van der Waals surface area contributed by atoms with Crippen LogP contribution in [0.15, 0.2) is 53.7 Å². The van der Waals surface area contributed by atoms with Crippen molar-refractivity contribution >= 4 is 17.5 Å². The zero-order valence-corrected chi connectivity index (χ0v) is 13.5. The average molecular weight is 321 g/mol. The maximum absolute atomic E-state index is 12.1. The zero-order chi connectivity index (χ0) is 15.8. The van der Waals surface area contributed by atoms with Crippen LogP contribution in [0.2, 0.25) is 0 Å². The Morgan fingerprint density at radius 1 is 1.04 bits per heavy atom. The number of fused-ring (bicyclic) bond motifs is 1. The van der Waals surface area contributed by atoms with E-state index in [9.17, 15) is 4.79 Å². The lowest BCUT2D eigenvalue weighted by molar-refractivity contribution is 0.0990. The van der Waals surface area contributed by atoms with Crippen molar-refractivity contribution in [2.45, 2.75) is 17.9 Å². The topological polar surface area (TPSA) is 47.8 Å². The van der Waals surface area contributed by atoms with E-state index in [1.807, 2.05) is 16.7 Å². The van der Waals surface area contributed by atoms with Crippen molar-refractivity contribution in [3.8, 4) is 22.5 Å². The van der Waals surface area contributed by atoms with Crippen LogP contribution in [0, 0.1) is 0 Å². The van der Waals surface area contributed by atoms with Gasteiger partial charge in [-0.05, 0) is 30.5 Å². The molecule has 2 aromatic heterocycles. The Labute approximate surface area is 138 Å². The van der Waals surface area contributed by atoms with E-state index in [1.54, 1.807) is 24.2 Å². The van der Waals surface area contributed by atoms with Gasteiger partial charge in [-0.2, -0.15) is 0 Å². The molecule has 4 rings (SSSR count). The highest BCUT2D eigenvalue weighted by Gasteiger charge is 2.28. The number of benzene rings is 1. The molecule has 0 unspecified atom stereocenters. The van der Waals surface area contributed by atoms with Gasteiger partial charge in [-0.1, -0.05) is 12.1 Å². The molecule has 3 aromatic rings. The number of hydrogen-bond donors (Lipinski definition) is 0. The molecule has 0 bridgehead atoms. The first-order valence-corrected chi connectivity index (χ1v) is 8.69. The fourth-order valence-electron chi connectivity index (χ4n) is 2.96. The summed E-state index contributed by atoms with van der Waals surface area (Å²) in [6.07, 6.45) is 6.13. The number of hydrogen-bond acceptors (Lipinski definition) is 4. The van der Waals surface area contributed by atoms with E-state index in [-0.39, 0.29) is 5.78 Å². The summed E-state index contributed by atoms with van der Waals surface area (Å²) in [5.41, 5.74) is 3.94. The van der Waals surface area contributed by atoms with E-state index in [0.717, 1.165) is 22.5 Å². The second-order valence-corrected chi connectivity index (χ2v) is 6.30. The molecule has 0 saturated carbocycles. The summed E-state index contributed by atoms with van der Waals surface area (Å²) < 4.78 is 2.04. The first kappa shape index (κ1) is 14.2.